The first-order chi connectivity index (χ1) is 8.90. The lowest BCUT2D eigenvalue weighted by molar-refractivity contribution is 0.102. The maximum atomic E-state index is 12.1. The number of nitrogens with one attached hydrogen (secondary N) is 2. The summed E-state index contributed by atoms with van der Waals surface area (Å²) in [7, 11) is 0. The highest BCUT2D eigenvalue weighted by atomic mass is 79.9. The van der Waals surface area contributed by atoms with E-state index in [0.717, 1.165) is 13.4 Å². The maximum absolute atomic E-state index is 12.1. The third kappa shape index (κ3) is 3.01. The largest absolute Gasteiger partial charge is 0.395 e. The fourth-order valence-electron chi connectivity index (χ4n) is 1.45. The van der Waals surface area contributed by atoms with Crippen LogP contribution in [-0.4, -0.2) is 16.1 Å². The first-order valence-corrected chi connectivity index (χ1v) is 7.54. The number of hydrogen-bond acceptors (Lipinski definition) is 3. The van der Waals surface area contributed by atoms with Crippen LogP contribution in [0.25, 0.3) is 0 Å². The van der Waals surface area contributed by atoms with Gasteiger partial charge in [0.05, 0.1) is 17.1 Å². The number of H-pyrrole nitrogens is 1. The van der Waals surface area contributed by atoms with Crippen LogP contribution in [0.4, 0.5) is 11.4 Å². The third-order valence-corrected chi connectivity index (χ3v) is 4.16. The Kier molecular flexibility index (Phi) is 4.32. The normalized spacial score (nSPS) is 10.5. The quantitative estimate of drug-likeness (QED) is 0.647. The van der Waals surface area contributed by atoms with E-state index in [9.17, 15) is 4.79 Å². The molecule has 100 valence electrons. The van der Waals surface area contributed by atoms with E-state index < -0.39 is 0 Å². The number of carbonyl (C=O) groups is 1. The molecule has 2 rings (SSSR count). The van der Waals surface area contributed by atoms with Gasteiger partial charge in [-0.25, -0.2) is 0 Å². The standard InChI is InChI=1S/C11H9Br3N4O/c1-4-8(15)10(18-17-4)11(19)16-9-6(13)2-5(12)3-7(9)14/h2-3H,15H2,1H3,(H,16,19)(H,17,18). The molecular formula is C11H9Br3N4O. The van der Waals surface area contributed by atoms with Gasteiger partial charge in [-0.1, -0.05) is 15.9 Å². The van der Waals surface area contributed by atoms with Gasteiger partial charge >= 0.3 is 0 Å². The van der Waals surface area contributed by atoms with Crippen molar-refractivity contribution in [2.75, 3.05) is 11.1 Å². The number of nitrogens with zero attached hydrogens (tertiary/aromatic N) is 1. The molecular weight excluding hydrogens is 444 g/mol. The van der Waals surface area contributed by atoms with Crippen LogP contribution in [0.1, 0.15) is 16.2 Å². The Bertz CT molecular complexity index is 630. The first kappa shape index (κ1) is 14.5. The highest BCUT2D eigenvalue weighted by Gasteiger charge is 2.18. The number of aromatic nitrogens is 2. The Hall–Kier alpha value is -0.860. The molecule has 0 unspecified atom stereocenters. The average molecular weight is 453 g/mol. The van der Waals surface area contributed by atoms with Crippen molar-refractivity contribution >= 4 is 65.1 Å². The van der Waals surface area contributed by atoms with E-state index in [2.05, 4.69) is 63.3 Å². The van der Waals surface area contributed by atoms with E-state index in [1.807, 2.05) is 12.1 Å². The van der Waals surface area contributed by atoms with E-state index >= 15 is 0 Å². The van der Waals surface area contributed by atoms with E-state index in [4.69, 9.17) is 5.73 Å². The minimum absolute atomic E-state index is 0.180. The molecule has 0 aliphatic carbocycles. The van der Waals surface area contributed by atoms with Crippen molar-refractivity contribution in [3.63, 3.8) is 0 Å². The molecule has 4 N–H and O–H groups in total. The summed E-state index contributed by atoms with van der Waals surface area (Å²) in [4.78, 5) is 12.1. The summed E-state index contributed by atoms with van der Waals surface area (Å²) < 4.78 is 2.38. The molecule has 0 saturated carbocycles. The maximum Gasteiger partial charge on any atom is 0.278 e. The minimum Gasteiger partial charge on any atom is -0.395 e. The van der Waals surface area contributed by atoms with Crippen molar-refractivity contribution in [2.24, 2.45) is 0 Å². The molecule has 0 atom stereocenters. The van der Waals surface area contributed by atoms with Crippen molar-refractivity contribution in [2.45, 2.75) is 6.92 Å². The van der Waals surface area contributed by atoms with Gasteiger partial charge in [-0.3, -0.25) is 9.89 Å². The fraction of sp³-hybridized carbons (Fsp3) is 0.0909. The highest BCUT2D eigenvalue weighted by molar-refractivity contribution is 9.11. The smallest absolute Gasteiger partial charge is 0.278 e. The summed E-state index contributed by atoms with van der Waals surface area (Å²) in [5.74, 6) is -0.370. The minimum atomic E-state index is -0.370. The number of amides is 1. The van der Waals surface area contributed by atoms with E-state index in [-0.39, 0.29) is 11.6 Å². The molecule has 19 heavy (non-hydrogen) atoms. The molecule has 0 fully saturated rings. The summed E-state index contributed by atoms with van der Waals surface area (Å²) in [6, 6.07) is 3.67. The lowest BCUT2D eigenvalue weighted by atomic mass is 10.2. The lowest BCUT2D eigenvalue weighted by Crippen LogP contribution is -2.15. The number of anilines is 2. The Balaban J connectivity index is 2.32. The molecule has 1 aromatic carbocycles. The van der Waals surface area contributed by atoms with Crippen LogP contribution >= 0.6 is 47.8 Å². The zero-order valence-corrected chi connectivity index (χ0v) is 14.5. The third-order valence-electron chi connectivity index (χ3n) is 2.46. The van der Waals surface area contributed by atoms with Crippen LogP contribution < -0.4 is 11.1 Å². The number of rotatable bonds is 2. The van der Waals surface area contributed by atoms with Gasteiger partial charge in [0.25, 0.3) is 5.91 Å². The Morgan fingerprint density at radius 2 is 1.89 bits per heavy atom. The number of nitrogen functional groups attached to an aromatic ring is 1. The van der Waals surface area contributed by atoms with Gasteiger partial charge in [0.1, 0.15) is 0 Å². The molecule has 1 heterocycles. The van der Waals surface area contributed by atoms with Crippen LogP contribution in [0.15, 0.2) is 25.6 Å². The van der Waals surface area contributed by atoms with Gasteiger partial charge in [0.2, 0.25) is 0 Å². The summed E-state index contributed by atoms with van der Waals surface area (Å²) in [5.41, 5.74) is 7.59. The zero-order chi connectivity index (χ0) is 14.2. The molecule has 1 aromatic heterocycles. The van der Waals surface area contributed by atoms with Gasteiger partial charge in [-0.05, 0) is 50.9 Å². The molecule has 5 nitrogen and oxygen atoms in total. The van der Waals surface area contributed by atoms with Crippen LogP contribution in [0.5, 0.6) is 0 Å². The number of nitrogens with two attached hydrogens (primary N) is 1. The van der Waals surface area contributed by atoms with Gasteiger partial charge in [-0.15, -0.1) is 0 Å². The molecule has 0 radical (unpaired) electrons. The van der Waals surface area contributed by atoms with Crippen molar-refractivity contribution in [1.82, 2.24) is 10.2 Å². The molecule has 0 spiro atoms. The monoisotopic (exact) mass is 450 g/mol. The van der Waals surface area contributed by atoms with Crippen LogP contribution in [-0.2, 0) is 0 Å². The van der Waals surface area contributed by atoms with Crippen LogP contribution in [0, 0.1) is 6.92 Å². The summed E-state index contributed by atoms with van der Waals surface area (Å²) in [5, 5.41) is 9.32. The molecule has 8 heteroatoms. The molecule has 0 aliphatic heterocycles. The van der Waals surface area contributed by atoms with Crippen molar-refractivity contribution < 1.29 is 4.79 Å². The lowest BCUT2D eigenvalue weighted by Gasteiger charge is -2.09. The molecule has 0 aliphatic rings. The average Bonchev–Trinajstić information content (AvgIpc) is 2.64. The first-order valence-electron chi connectivity index (χ1n) is 5.16. The number of halogens is 3. The Labute approximate surface area is 134 Å². The number of aromatic amines is 1. The van der Waals surface area contributed by atoms with Crippen molar-refractivity contribution in [3.8, 4) is 0 Å². The Morgan fingerprint density at radius 1 is 1.32 bits per heavy atom. The molecule has 0 bridgehead atoms. The number of benzene rings is 1. The summed E-state index contributed by atoms with van der Waals surface area (Å²) >= 11 is 10.1. The second-order valence-corrected chi connectivity index (χ2v) is 6.43. The van der Waals surface area contributed by atoms with Gasteiger partial charge in [0, 0.05) is 13.4 Å². The van der Waals surface area contributed by atoms with Gasteiger partial charge < -0.3 is 11.1 Å². The van der Waals surface area contributed by atoms with Crippen molar-refractivity contribution in [1.29, 1.82) is 0 Å². The molecule has 1 amide bonds. The zero-order valence-electron chi connectivity index (χ0n) is 9.72. The van der Waals surface area contributed by atoms with Gasteiger partial charge in [-0.2, -0.15) is 5.10 Å². The SMILES string of the molecule is Cc1[nH]nc(C(=O)Nc2c(Br)cc(Br)cc2Br)c1N. The number of carbonyl (C=O) groups excluding carboxylic acids is 1. The van der Waals surface area contributed by atoms with Gasteiger partial charge in [0.15, 0.2) is 5.69 Å². The fourth-order valence-corrected chi connectivity index (χ4v) is 3.90. The number of aryl methyl sites for hydroxylation is 1. The molecule has 2 aromatic rings. The topological polar surface area (TPSA) is 83.8 Å². The van der Waals surface area contributed by atoms with Crippen molar-refractivity contribution in [3.05, 3.63) is 36.9 Å². The highest BCUT2D eigenvalue weighted by Crippen LogP contribution is 2.34. The van der Waals surface area contributed by atoms with Crippen LogP contribution in [0.3, 0.4) is 0 Å². The number of hydrogen-bond donors (Lipinski definition) is 3. The predicted molar refractivity (Wildman–Crippen MR) is 85.2 cm³/mol. The second kappa shape index (κ2) is 5.64. The van der Waals surface area contributed by atoms with E-state index in [1.165, 1.54) is 0 Å². The summed E-state index contributed by atoms with van der Waals surface area (Å²) in [6.45, 7) is 1.75. The molecule has 0 saturated heterocycles. The van der Waals surface area contributed by atoms with E-state index in [0.29, 0.717) is 17.1 Å². The van der Waals surface area contributed by atoms with E-state index in [1.54, 1.807) is 6.92 Å². The second-order valence-electron chi connectivity index (χ2n) is 3.81. The van der Waals surface area contributed by atoms with Crippen LogP contribution in [0.2, 0.25) is 0 Å². The summed E-state index contributed by atoms with van der Waals surface area (Å²) in [6.07, 6.45) is 0. The Morgan fingerprint density at radius 3 is 2.37 bits per heavy atom. The predicted octanol–water partition coefficient (Wildman–Crippen LogP) is 3.84.